The number of nitrogens with zero attached hydrogens (tertiary/aromatic N) is 1. The van der Waals surface area contributed by atoms with Crippen LogP contribution in [0.5, 0.6) is 0 Å². The Balaban J connectivity index is 1.89. The second-order valence-electron chi connectivity index (χ2n) is 8.80. The molecule has 1 N–H and O–H groups in total. The minimum Gasteiger partial charge on any atom is -0.316 e. The van der Waals surface area contributed by atoms with Crippen molar-refractivity contribution >= 4 is 0 Å². The molecule has 2 nitrogen and oxygen atoms in total. The molecular weight excluding hydrogens is 256 g/mol. The van der Waals surface area contributed by atoms with Crippen LogP contribution in [0, 0.1) is 16.7 Å². The number of piperidine rings is 1. The second-order valence-corrected chi connectivity index (χ2v) is 8.80. The predicted molar refractivity (Wildman–Crippen MR) is 92.7 cm³/mol. The van der Waals surface area contributed by atoms with E-state index in [0.29, 0.717) is 10.8 Å². The summed E-state index contributed by atoms with van der Waals surface area (Å²) in [7, 11) is 0. The minimum atomic E-state index is 0.559. The highest BCUT2D eigenvalue weighted by Crippen LogP contribution is 2.40. The van der Waals surface area contributed by atoms with E-state index < -0.39 is 0 Å². The zero-order valence-corrected chi connectivity index (χ0v) is 15.0. The van der Waals surface area contributed by atoms with Gasteiger partial charge in [0.1, 0.15) is 0 Å². The molecule has 21 heavy (non-hydrogen) atoms. The third kappa shape index (κ3) is 5.25. The Labute approximate surface area is 133 Å². The maximum absolute atomic E-state index is 3.74. The van der Waals surface area contributed by atoms with Crippen LogP contribution in [-0.4, -0.2) is 37.6 Å². The maximum Gasteiger partial charge on any atom is 0.00501 e. The molecule has 0 spiro atoms. The molecule has 1 saturated carbocycles. The summed E-state index contributed by atoms with van der Waals surface area (Å²) < 4.78 is 0. The summed E-state index contributed by atoms with van der Waals surface area (Å²) in [6.45, 7) is 16.0. The molecule has 0 aromatic rings. The van der Waals surface area contributed by atoms with Gasteiger partial charge in [-0.25, -0.2) is 0 Å². The van der Waals surface area contributed by atoms with Crippen molar-refractivity contribution in [3.05, 3.63) is 0 Å². The lowest BCUT2D eigenvalue weighted by molar-refractivity contribution is 0.0511. The Kier molecular flexibility index (Phi) is 6.14. The average molecular weight is 295 g/mol. The fourth-order valence-electron chi connectivity index (χ4n) is 4.09. The summed E-state index contributed by atoms with van der Waals surface area (Å²) >= 11 is 0. The first-order valence-electron chi connectivity index (χ1n) is 9.38. The van der Waals surface area contributed by atoms with E-state index in [9.17, 15) is 0 Å². The van der Waals surface area contributed by atoms with E-state index >= 15 is 0 Å². The van der Waals surface area contributed by atoms with Crippen molar-refractivity contribution < 1.29 is 0 Å². The Hall–Kier alpha value is -0.0800. The van der Waals surface area contributed by atoms with E-state index in [0.717, 1.165) is 5.92 Å². The number of hydrogen-bond acceptors (Lipinski definition) is 2. The number of likely N-dealkylation sites (tertiary alicyclic amines) is 1. The summed E-state index contributed by atoms with van der Waals surface area (Å²) in [5.41, 5.74) is 1.13. The van der Waals surface area contributed by atoms with Crippen LogP contribution < -0.4 is 5.32 Å². The summed E-state index contributed by atoms with van der Waals surface area (Å²) in [5, 5.41) is 3.74. The molecule has 1 saturated heterocycles. The first-order chi connectivity index (χ1) is 9.95. The van der Waals surface area contributed by atoms with Crippen molar-refractivity contribution in [1.82, 2.24) is 10.2 Å². The molecule has 0 unspecified atom stereocenters. The Morgan fingerprint density at radius 2 is 1.67 bits per heavy atom. The van der Waals surface area contributed by atoms with Gasteiger partial charge in [-0.3, -0.25) is 0 Å². The Bertz CT molecular complexity index is 293. The molecular formula is C19H38N2. The van der Waals surface area contributed by atoms with E-state index in [1.807, 2.05) is 0 Å². The van der Waals surface area contributed by atoms with Gasteiger partial charge < -0.3 is 10.2 Å². The molecule has 2 aliphatic rings. The van der Waals surface area contributed by atoms with Crippen molar-refractivity contribution in [3.63, 3.8) is 0 Å². The number of hydrogen-bond donors (Lipinski definition) is 1. The van der Waals surface area contributed by atoms with Gasteiger partial charge in [-0.2, -0.15) is 0 Å². The molecule has 0 aromatic heterocycles. The third-order valence-corrected chi connectivity index (χ3v) is 6.03. The van der Waals surface area contributed by atoms with Gasteiger partial charge in [-0.1, -0.05) is 40.5 Å². The highest BCUT2D eigenvalue weighted by Gasteiger charge is 2.37. The van der Waals surface area contributed by atoms with Crippen molar-refractivity contribution in [2.45, 2.75) is 72.6 Å². The fraction of sp³-hybridized carbons (Fsp3) is 1.00. The largest absolute Gasteiger partial charge is 0.316 e. The lowest BCUT2D eigenvalue weighted by Gasteiger charge is -2.46. The molecule has 1 heterocycles. The van der Waals surface area contributed by atoms with Gasteiger partial charge in [0.25, 0.3) is 0 Å². The van der Waals surface area contributed by atoms with E-state index in [-0.39, 0.29) is 0 Å². The van der Waals surface area contributed by atoms with Gasteiger partial charge in [-0.15, -0.1) is 0 Å². The van der Waals surface area contributed by atoms with Gasteiger partial charge in [0.05, 0.1) is 0 Å². The monoisotopic (exact) mass is 294 g/mol. The second kappa shape index (κ2) is 7.46. The molecule has 0 amide bonds. The topological polar surface area (TPSA) is 15.3 Å². The van der Waals surface area contributed by atoms with Crippen LogP contribution in [-0.2, 0) is 0 Å². The van der Waals surface area contributed by atoms with Crippen LogP contribution in [0.3, 0.4) is 0 Å². The summed E-state index contributed by atoms with van der Waals surface area (Å²) in [5.74, 6) is 0.949. The van der Waals surface area contributed by atoms with Crippen molar-refractivity contribution in [1.29, 1.82) is 0 Å². The maximum atomic E-state index is 3.74. The molecule has 0 atom stereocenters. The molecule has 0 aromatic carbocycles. The lowest BCUT2D eigenvalue weighted by atomic mass is 9.70. The molecule has 2 heteroatoms. The van der Waals surface area contributed by atoms with Crippen LogP contribution in [0.4, 0.5) is 0 Å². The molecule has 0 radical (unpaired) electrons. The molecule has 1 aliphatic heterocycles. The summed E-state index contributed by atoms with van der Waals surface area (Å²) in [6, 6.07) is 0. The van der Waals surface area contributed by atoms with Crippen molar-refractivity contribution in [3.8, 4) is 0 Å². The summed E-state index contributed by atoms with van der Waals surface area (Å²) in [6.07, 6.45) is 9.75. The normalized spacial score (nSPS) is 34.0. The predicted octanol–water partition coefficient (Wildman–Crippen LogP) is 4.30. The first-order valence-corrected chi connectivity index (χ1v) is 9.38. The Morgan fingerprint density at radius 3 is 2.24 bits per heavy atom. The average Bonchev–Trinajstić information content (AvgIpc) is 2.45. The van der Waals surface area contributed by atoms with Gasteiger partial charge in [0.2, 0.25) is 0 Å². The van der Waals surface area contributed by atoms with Gasteiger partial charge in [-0.05, 0) is 68.5 Å². The van der Waals surface area contributed by atoms with Gasteiger partial charge in [0.15, 0.2) is 0 Å². The van der Waals surface area contributed by atoms with Crippen LogP contribution in [0.25, 0.3) is 0 Å². The molecule has 1 aliphatic carbocycles. The Morgan fingerprint density at radius 1 is 1.05 bits per heavy atom. The SMILES string of the molecule is CCCNCC1(CN2CCC(C)(C)CC2)CCC(C)CC1. The number of rotatable bonds is 6. The fourth-order valence-corrected chi connectivity index (χ4v) is 4.09. The van der Waals surface area contributed by atoms with E-state index in [1.165, 1.54) is 77.7 Å². The van der Waals surface area contributed by atoms with Crippen LogP contribution >= 0.6 is 0 Å². The van der Waals surface area contributed by atoms with Crippen LogP contribution in [0.1, 0.15) is 72.6 Å². The van der Waals surface area contributed by atoms with Crippen LogP contribution in [0.2, 0.25) is 0 Å². The molecule has 124 valence electrons. The van der Waals surface area contributed by atoms with Crippen LogP contribution in [0.15, 0.2) is 0 Å². The molecule has 0 bridgehead atoms. The lowest BCUT2D eigenvalue weighted by Crippen LogP contribution is -2.49. The first kappa shape index (κ1) is 17.3. The molecule has 2 fully saturated rings. The van der Waals surface area contributed by atoms with E-state index in [2.05, 4.69) is 37.9 Å². The van der Waals surface area contributed by atoms with Crippen molar-refractivity contribution in [2.75, 3.05) is 32.7 Å². The van der Waals surface area contributed by atoms with Gasteiger partial charge in [0, 0.05) is 13.1 Å². The van der Waals surface area contributed by atoms with E-state index in [4.69, 9.17) is 0 Å². The third-order valence-electron chi connectivity index (χ3n) is 6.03. The highest BCUT2D eigenvalue weighted by atomic mass is 15.1. The smallest absolute Gasteiger partial charge is 0.00501 e. The minimum absolute atomic E-state index is 0.559. The zero-order valence-electron chi connectivity index (χ0n) is 15.0. The van der Waals surface area contributed by atoms with Crippen molar-refractivity contribution in [2.24, 2.45) is 16.7 Å². The quantitative estimate of drug-likeness (QED) is 0.735. The summed E-state index contributed by atoms with van der Waals surface area (Å²) in [4.78, 5) is 2.77. The zero-order chi connectivity index (χ0) is 15.3. The van der Waals surface area contributed by atoms with E-state index in [1.54, 1.807) is 0 Å². The molecule has 2 rings (SSSR count). The number of nitrogens with one attached hydrogen (secondary N) is 1. The van der Waals surface area contributed by atoms with Gasteiger partial charge >= 0.3 is 0 Å². The highest BCUT2D eigenvalue weighted by molar-refractivity contribution is 4.91. The standard InChI is InChI=1S/C19H38N2/c1-5-12-20-15-19(8-6-17(2)7-9-19)16-21-13-10-18(3,4)11-14-21/h17,20H,5-16H2,1-4H3.